The van der Waals surface area contributed by atoms with Gasteiger partial charge in [0.1, 0.15) is 6.07 Å². The fraction of sp³-hybridized carbons (Fsp3) is 0.300. The van der Waals surface area contributed by atoms with E-state index in [1.54, 1.807) is 12.1 Å². The van der Waals surface area contributed by atoms with Crippen molar-refractivity contribution in [3.05, 3.63) is 28.6 Å². The molecule has 0 saturated carbocycles. The molecule has 0 aliphatic heterocycles. The number of rotatable bonds is 3. The summed E-state index contributed by atoms with van der Waals surface area (Å²) >= 11 is 5.53. The van der Waals surface area contributed by atoms with E-state index >= 15 is 0 Å². The van der Waals surface area contributed by atoms with Gasteiger partial charge in [0.25, 0.3) is 6.43 Å². The molecule has 1 rings (SSSR count). The molecule has 0 unspecified atom stereocenters. The van der Waals surface area contributed by atoms with Crippen molar-refractivity contribution in [1.29, 1.82) is 10.5 Å². The van der Waals surface area contributed by atoms with Crippen LogP contribution in [0.2, 0.25) is 0 Å². The van der Waals surface area contributed by atoms with E-state index in [0.29, 0.717) is 0 Å². The number of alkyl halides is 3. The molecule has 0 spiro atoms. The fourth-order valence-corrected chi connectivity index (χ4v) is 1.50. The first kappa shape index (κ1) is 12.4. The van der Waals surface area contributed by atoms with Crippen LogP contribution in [0.5, 0.6) is 0 Å². The third-order valence-electron chi connectivity index (χ3n) is 2.03. The first-order valence-corrected chi connectivity index (χ1v) is 4.81. The Morgan fingerprint density at radius 2 is 2.12 bits per heavy atom. The maximum absolute atomic E-state index is 12.6. The highest BCUT2D eigenvalue weighted by atomic mass is 35.5. The molecule has 0 amide bonds. The number of hydrogen-bond donors (Lipinski definition) is 0. The fourth-order valence-electron chi connectivity index (χ4n) is 1.30. The van der Waals surface area contributed by atoms with Gasteiger partial charge in [-0.3, -0.25) is 4.98 Å². The van der Waals surface area contributed by atoms with E-state index in [1.165, 1.54) is 0 Å². The van der Waals surface area contributed by atoms with Crippen molar-refractivity contribution in [2.75, 3.05) is 0 Å². The Kier molecular flexibility index (Phi) is 4.16. The number of aromatic nitrogens is 1. The van der Waals surface area contributed by atoms with Gasteiger partial charge in [0.15, 0.2) is 0 Å². The molecule has 1 aromatic heterocycles. The van der Waals surface area contributed by atoms with Gasteiger partial charge >= 0.3 is 0 Å². The summed E-state index contributed by atoms with van der Waals surface area (Å²) in [6, 6.07) is 3.51. The highest BCUT2D eigenvalue weighted by Gasteiger charge is 2.19. The van der Waals surface area contributed by atoms with E-state index in [4.69, 9.17) is 22.1 Å². The monoisotopic (exact) mass is 241 g/mol. The second-order valence-corrected chi connectivity index (χ2v) is 3.16. The average molecular weight is 242 g/mol. The van der Waals surface area contributed by atoms with E-state index in [-0.39, 0.29) is 34.7 Å². The van der Waals surface area contributed by atoms with Gasteiger partial charge in [0.2, 0.25) is 0 Å². The lowest BCUT2D eigenvalue weighted by molar-refractivity contribution is 0.150. The summed E-state index contributed by atoms with van der Waals surface area (Å²) in [4.78, 5) is 3.69. The molecule has 0 bridgehead atoms. The Hall–Kier alpha value is -1.72. The largest absolute Gasteiger partial charge is 0.265 e. The molecule has 0 saturated heterocycles. The molecule has 0 fully saturated rings. The Bertz CT molecular complexity index is 474. The van der Waals surface area contributed by atoms with Crippen LogP contribution in [0, 0.1) is 22.7 Å². The van der Waals surface area contributed by atoms with Crippen LogP contribution in [0.25, 0.3) is 0 Å². The van der Waals surface area contributed by atoms with E-state index in [1.807, 2.05) is 0 Å². The molecule has 6 heteroatoms. The number of nitriles is 2. The molecule has 0 radical (unpaired) electrons. The van der Waals surface area contributed by atoms with Crippen LogP contribution >= 0.6 is 11.6 Å². The smallest absolute Gasteiger partial charge is 0.258 e. The van der Waals surface area contributed by atoms with E-state index in [2.05, 4.69) is 4.98 Å². The number of nitrogens with zero attached hydrogens (tertiary/aromatic N) is 3. The SMILES string of the molecule is N#CCc1c(C(F)F)cnc(CCl)c1C#N. The first-order chi connectivity index (χ1) is 7.65. The van der Waals surface area contributed by atoms with Crippen molar-refractivity contribution in [1.82, 2.24) is 4.98 Å². The molecule has 3 nitrogen and oxygen atoms in total. The van der Waals surface area contributed by atoms with Gasteiger partial charge in [-0.15, -0.1) is 11.6 Å². The minimum absolute atomic E-state index is 0.0191. The summed E-state index contributed by atoms with van der Waals surface area (Å²) in [5.41, 5.74) is -0.161. The van der Waals surface area contributed by atoms with Crippen LogP contribution < -0.4 is 0 Å². The highest BCUT2D eigenvalue weighted by Crippen LogP contribution is 2.26. The normalized spacial score (nSPS) is 9.88. The van der Waals surface area contributed by atoms with Crippen LogP contribution in [0.15, 0.2) is 6.20 Å². The van der Waals surface area contributed by atoms with Gasteiger partial charge in [0, 0.05) is 11.8 Å². The van der Waals surface area contributed by atoms with Crippen LogP contribution in [0.4, 0.5) is 8.78 Å². The van der Waals surface area contributed by atoms with E-state index in [0.717, 1.165) is 6.20 Å². The Morgan fingerprint density at radius 3 is 2.56 bits per heavy atom. The summed E-state index contributed by atoms with van der Waals surface area (Å²) in [5.74, 6) is -0.0508. The van der Waals surface area contributed by atoms with Crippen LogP contribution in [0.1, 0.15) is 28.8 Å². The van der Waals surface area contributed by atoms with E-state index < -0.39 is 6.43 Å². The molecular weight excluding hydrogens is 236 g/mol. The molecule has 0 atom stereocenters. The van der Waals surface area contributed by atoms with E-state index in [9.17, 15) is 8.78 Å². The molecule has 1 heterocycles. The molecule has 0 N–H and O–H groups in total. The average Bonchev–Trinajstić information content (AvgIpc) is 2.28. The second kappa shape index (κ2) is 5.39. The van der Waals surface area contributed by atoms with Gasteiger partial charge in [0.05, 0.1) is 29.6 Å². The third-order valence-corrected chi connectivity index (χ3v) is 2.28. The molecular formula is C10H6ClF2N3. The van der Waals surface area contributed by atoms with Crippen molar-refractivity contribution < 1.29 is 8.78 Å². The Morgan fingerprint density at radius 1 is 1.44 bits per heavy atom. The molecule has 16 heavy (non-hydrogen) atoms. The zero-order chi connectivity index (χ0) is 12.1. The minimum Gasteiger partial charge on any atom is -0.258 e. The van der Waals surface area contributed by atoms with Gasteiger partial charge in [-0.1, -0.05) is 0 Å². The van der Waals surface area contributed by atoms with Gasteiger partial charge in [-0.2, -0.15) is 10.5 Å². The second-order valence-electron chi connectivity index (χ2n) is 2.89. The number of pyridine rings is 1. The zero-order valence-electron chi connectivity index (χ0n) is 8.04. The standard InChI is InChI=1S/C10H6ClF2N3/c11-3-9-7(4-15)6(1-2-14)8(5-16-9)10(12)13/h5,10H,1,3H2. The van der Waals surface area contributed by atoms with Crippen molar-refractivity contribution in [2.45, 2.75) is 18.7 Å². The maximum Gasteiger partial charge on any atom is 0.265 e. The predicted molar refractivity (Wildman–Crippen MR) is 52.8 cm³/mol. The summed E-state index contributed by atoms with van der Waals surface area (Å²) in [5, 5.41) is 17.4. The van der Waals surface area contributed by atoms with Crippen molar-refractivity contribution >= 4 is 11.6 Å². The molecule has 82 valence electrons. The summed E-state index contributed by atoms with van der Waals surface area (Å²) in [7, 11) is 0. The summed E-state index contributed by atoms with van der Waals surface area (Å²) in [6.07, 6.45) is -2.04. The van der Waals surface area contributed by atoms with Gasteiger partial charge in [-0.05, 0) is 5.56 Å². The lowest BCUT2D eigenvalue weighted by Gasteiger charge is -2.09. The highest BCUT2D eigenvalue weighted by molar-refractivity contribution is 6.17. The topological polar surface area (TPSA) is 60.5 Å². The third kappa shape index (κ3) is 2.26. The number of hydrogen-bond acceptors (Lipinski definition) is 3. The van der Waals surface area contributed by atoms with Gasteiger partial charge in [-0.25, -0.2) is 8.78 Å². The maximum atomic E-state index is 12.6. The zero-order valence-corrected chi connectivity index (χ0v) is 8.80. The quantitative estimate of drug-likeness (QED) is 0.765. The Labute approximate surface area is 95.9 Å². The van der Waals surface area contributed by atoms with Crippen molar-refractivity contribution in [3.8, 4) is 12.1 Å². The first-order valence-electron chi connectivity index (χ1n) is 4.27. The summed E-state index contributed by atoms with van der Waals surface area (Å²) < 4.78 is 25.2. The minimum atomic E-state index is -2.76. The van der Waals surface area contributed by atoms with Crippen LogP contribution in [-0.4, -0.2) is 4.98 Å². The molecule has 0 aromatic carbocycles. The molecule has 1 aromatic rings. The van der Waals surface area contributed by atoms with Crippen LogP contribution in [0.3, 0.4) is 0 Å². The Balaban J connectivity index is 3.46. The molecule has 0 aliphatic rings. The molecule has 0 aliphatic carbocycles. The summed E-state index contributed by atoms with van der Waals surface area (Å²) in [6.45, 7) is 0. The lowest BCUT2D eigenvalue weighted by atomic mass is 10.00. The number of halogens is 3. The van der Waals surface area contributed by atoms with Crippen molar-refractivity contribution in [3.63, 3.8) is 0 Å². The lowest BCUT2D eigenvalue weighted by Crippen LogP contribution is -2.04. The predicted octanol–water partition coefficient (Wildman–Crippen LogP) is 2.70. The van der Waals surface area contributed by atoms with Crippen molar-refractivity contribution in [2.24, 2.45) is 0 Å². The van der Waals surface area contributed by atoms with Gasteiger partial charge < -0.3 is 0 Å². The van der Waals surface area contributed by atoms with Crippen LogP contribution in [-0.2, 0) is 12.3 Å².